The van der Waals surface area contributed by atoms with Gasteiger partial charge in [-0.25, -0.2) is 4.79 Å². The molecule has 172 valence electrons. The van der Waals surface area contributed by atoms with Crippen molar-refractivity contribution in [3.05, 3.63) is 0 Å². The van der Waals surface area contributed by atoms with Crippen molar-refractivity contribution in [1.29, 1.82) is 0 Å². The van der Waals surface area contributed by atoms with Crippen molar-refractivity contribution in [2.75, 3.05) is 0 Å². The summed E-state index contributed by atoms with van der Waals surface area (Å²) in [5, 5.41) is 43.0. The second-order valence-corrected chi connectivity index (χ2v) is 11.9. The van der Waals surface area contributed by atoms with Gasteiger partial charge in [-0.3, -0.25) is 0 Å². The maximum absolute atomic E-state index is 11.7. The Morgan fingerprint density at radius 2 is 1.80 bits per heavy atom. The number of carbonyl (C=O) groups is 1. The molecule has 4 N–H and O–H groups in total. The number of hydrogen-bond acceptors (Lipinski definition) is 4. The van der Waals surface area contributed by atoms with Crippen molar-refractivity contribution < 1.29 is 25.2 Å². The van der Waals surface area contributed by atoms with E-state index >= 15 is 0 Å². The van der Waals surface area contributed by atoms with E-state index in [0.717, 1.165) is 19.3 Å². The van der Waals surface area contributed by atoms with Crippen LogP contribution in [-0.2, 0) is 4.79 Å². The first-order valence-corrected chi connectivity index (χ1v) is 12.3. The van der Waals surface area contributed by atoms with Crippen molar-refractivity contribution >= 4 is 5.97 Å². The predicted octanol–water partition coefficient (Wildman–Crippen LogP) is 3.84. The number of aliphatic hydroxyl groups is 3. The number of carboxylic acids is 1. The second kappa shape index (κ2) is 7.45. The highest BCUT2D eigenvalue weighted by Gasteiger charge is 2.66. The molecule has 11 atom stereocenters. The highest BCUT2D eigenvalue weighted by atomic mass is 16.4. The molecule has 4 aliphatic carbocycles. The Kier molecular flexibility index (Phi) is 5.60. The zero-order valence-electron chi connectivity index (χ0n) is 19.2. The van der Waals surface area contributed by atoms with Crippen LogP contribution in [0.5, 0.6) is 0 Å². The van der Waals surface area contributed by atoms with Gasteiger partial charge in [0, 0.05) is 0 Å². The predicted molar refractivity (Wildman–Crippen MR) is 115 cm³/mol. The van der Waals surface area contributed by atoms with E-state index in [0.29, 0.717) is 37.0 Å². The largest absolute Gasteiger partial charge is 0.479 e. The number of aliphatic hydroxyl groups excluding tert-OH is 2. The van der Waals surface area contributed by atoms with Crippen LogP contribution >= 0.6 is 0 Å². The van der Waals surface area contributed by atoms with E-state index in [1.54, 1.807) is 0 Å². The molecule has 4 fully saturated rings. The van der Waals surface area contributed by atoms with E-state index < -0.39 is 17.7 Å². The van der Waals surface area contributed by atoms with Crippen molar-refractivity contribution in [1.82, 2.24) is 0 Å². The minimum atomic E-state index is -1.67. The van der Waals surface area contributed by atoms with Crippen LogP contribution in [0.15, 0.2) is 0 Å². The van der Waals surface area contributed by atoms with Gasteiger partial charge in [0.1, 0.15) is 0 Å². The summed E-state index contributed by atoms with van der Waals surface area (Å²) in [6.45, 7) is 9.09. The average Bonchev–Trinajstić information content (AvgIpc) is 3.03. The number of aliphatic carboxylic acids is 1. The smallest absolute Gasteiger partial charge is 0.335 e. The van der Waals surface area contributed by atoms with Gasteiger partial charge in [-0.2, -0.15) is 0 Å². The molecule has 0 saturated heterocycles. The van der Waals surface area contributed by atoms with Crippen molar-refractivity contribution in [2.45, 2.75) is 103 Å². The summed E-state index contributed by atoms with van der Waals surface area (Å²) in [5.74, 6) is 0.619. The molecule has 0 aromatic heterocycles. The molecule has 0 aliphatic heterocycles. The highest BCUT2D eigenvalue weighted by molar-refractivity contribution is 5.77. The van der Waals surface area contributed by atoms with Crippen LogP contribution in [0.25, 0.3) is 0 Å². The molecule has 0 radical (unpaired) electrons. The molecule has 0 aromatic rings. The van der Waals surface area contributed by atoms with Gasteiger partial charge in [-0.05, 0) is 91.3 Å². The van der Waals surface area contributed by atoms with Crippen LogP contribution in [0.3, 0.4) is 0 Å². The van der Waals surface area contributed by atoms with E-state index in [2.05, 4.69) is 27.7 Å². The number of rotatable bonds is 4. The van der Waals surface area contributed by atoms with E-state index in [-0.39, 0.29) is 47.5 Å². The number of carboxylic acid groups (broad SMARTS) is 1. The Bertz CT molecular complexity index is 680. The SMILES string of the molecule is CCC[C@@H](C)[C@H]1CC[C@H]2[C@@H]3[C@H](O)C[C@@H]4C[C@@](O)(C(=O)O)CC[C@]4(C)[C@H]3C[C@H](O)[C@]12C. The molecule has 0 aromatic carbocycles. The minimum Gasteiger partial charge on any atom is -0.479 e. The Morgan fingerprint density at radius 1 is 1.10 bits per heavy atom. The summed E-state index contributed by atoms with van der Waals surface area (Å²) in [6.07, 6.45) is 6.11. The topological polar surface area (TPSA) is 98.0 Å². The standard InChI is InChI=1S/C25H42O5/c1-5-6-14(2)16-7-8-17-21-18(12-20(27)24(16,17)4)23(3)9-10-25(30,22(28)29)13-15(23)11-19(21)26/h14-21,26-27,30H,5-13H2,1-4H3,(H,28,29)/t14-,15-,16-,17+,18+,19-,20+,21+,23+,24-,25-/m1/s1. The molecule has 0 heterocycles. The number of hydrogen-bond donors (Lipinski definition) is 4. The molecule has 5 heteroatoms. The van der Waals surface area contributed by atoms with Crippen molar-refractivity contribution in [2.24, 2.45) is 46.3 Å². The van der Waals surface area contributed by atoms with Crippen LogP contribution < -0.4 is 0 Å². The third-order valence-corrected chi connectivity index (χ3v) is 10.8. The van der Waals surface area contributed by atoms with Gasteiger partial charge in [0.05, 0.1) is 12.2 Å². The first-order chi connectivity index (χ1) is 14.0. The van der Waals surface area contributed by atoms with Gasteiger partial charge in [0.25, 0.3) is 0 Å². The molecule has 4 rings (SSSR count). The first kappa shape index (κ1) is 22.5. The molecule has 5 nitrogen and oxygen atoms in total. The molecular formula is C25H42O5. The summed E-state index contributed by atoms with van der Waals surface area (Å²) in [4.78, 5) is 11.7. The zero-order chi connectivity index (χ0) is 22.1. The van der Waals surface area contributed by atoms with E-state index in [9.17, 15) is 25.2 Å². The Hall–Kier alpha value is -0.650. The fourth-order valence-corrected chi connectivity index (χ4v) is 9.00. The maximum Gasteiger partial charge on any atom is 0.335 e. The summed E-state index contributed by atoms with van der Waals surface area (Å²) >= 11 is 0. The van der Waals surface area contributed by atoms with Crippen LogP contribution in [-0.4, -0.2) is 44.2 Å². The summed E-state index contributed by atoms with van der Waals surface area (Å²) < 4.78 is 0. The second-order valence-electron chi connectivity index (χ2n) is 11.9. The third-order valence-electron chi connectivity index (χ3n) is 10.8. The Labute approximate surface area is 181 Å². The summed E-state index contributed by atoms with van der Waals surface area (Å²) in [5.41, 5.74) is -1.94. The lowest BCUT2D eigenvalue weighted by Crippen LogP contribution is -2.63. The molecule has 30 heavy (non-hydrogen) atoms. The van der Waals surface area contributed by atoms with Gasteiger partial charge in [-0.15, -0.1) is 0 Å². The van der Waals surface area contributed by atoms with Gasteiger partial charge in [-0.1, -0.05) is 40.5 Å². The average molecular weight is 423 g/mol. The quantitative estimate of drug-likeness (QED) is 0.552. The minimum absolute atomic E-state index is 0.0172. The number of fused-ring (bicyclic) bond motifs is 5. The lowest BCUT2D eigenvalue weighted by molar-refractivity contribution is -0.219. The van der Waals surface area contributed by atoms with Gasteiger partial charge in [0.15, 0.2) is 5.60 Å². The molecule has 0 bridgehead atoms. The summed E-state index contributed by atoms with van der Waals surface area (Å²) in [6, 6.07) is 0. The van der Waals surface area contributed by atoms with Gasteiger partial charge >= 0.3 is 5.97 Å². The Balaban J connectivity index is 1.64. The van der Waals surface area contributed by atoms with E-state index in [1.807, 2.05) is 0 Å². The highest BCUT2D eigenvalue weighted by Crippen LogP contribution is 2.68. The summed E-state index contributed by atoms with van der Waals surface area (Å²) in [7, 11) is 0. The van der Waals surface area contributed by atoms with Crippen LogP contribution in [0, 0.1) is 46.3 Å². The molecule has 0 spiro atoms. The third kappa shape index (κ3) is 3.02. The van der Waals surface area contributed by atoms with Gasteiger partial charge in [0.2, 0.25) is 0 Å². The monoisotopic (exact) mass is 422 g/mol. The van der Waals surface area contributed by atoms with Crippen molar-refractivity contribution in [3.8, 4) is 0 Å². The molecule has 0 amide bonds. The van der Waals surface area contributed by atoms with Crippen LogP contribution in [0.4, 0.5) is 0 Å². The van der Waals surface area contributed by atoms with Crippen LogP contribution in [0.2, 0.25) is 0 Å². The van der Waals surface area contributed by atoms with Crippen molar-refractivity contribution in [3.63, 3.8) is 0 Å². The molecule has 4 aliphatic rings. The Morgan fingerprint density at radius 3 is 2.43 bits per heavy atom. The van der Waals surface area contributed by atoms with Gasteiger partial charge < -0.3 is 20.4 Å². The lowest BCUT2D eigenvalue weighted by Gasteiger charge is -2.64. The fourth-order valence-electron chi connectivity index (χ4n) is 9.00. The van der Waals surface area contributed by atoms with Crippen LogP contribution in [0.1, 0.15) is 85.5 Å². The maximum atomic E-state index is 11.7. The van der Waals surface area contributed by atoms with E-state index in [1.165, 1.54) is 6.42 Å². The normalized spacial score (nSPS) is 54.0. The molecule has 4 saturated carbocycles. The lowest BCUT2D eigenvalue weighted by atomic mass is 9.42. The first-order valence-electron chi connectivity index (χ1n) is 12.3. The molecular weight excluding hydrogens is 380 g/mol. The van der Waals surface area contributed by atoms with E-state index in [4.69, 9.17) is 0 Å². The fraction of sp³-hybridized carbons (Fsp3) is 0.960. The molecule has 0 unspecified atom stereocenters. The zero-order valence-corrected chi connectivity index (χ0v) is 19.2.